The molecule has 1 aliphatic carbocycles. The van der Waals surface area contributed by atoms with Crippen LogP contribution in [-0.4, -0.2) is 46.2 Å². The fourth-order valence-corrected chi connectivity index (χ4v) is 3.13. The molecule has 0 aromatic heterocycles. The lowest BCUT2D eigenvalue weighted by atomic mass is 9.81. The van der Waals surface area contributed by atoms with Crippen molar-refractivity contribution in [3.05, 3.63) is 0 Å². The van der Waals surface area contributed by atoms with Crippen LogP contribution in [0.15, 0.2) is 0 Å². The number of aliphatic carboxylic acids is 2. The Morgan fingerprint density at radius 2 is 2.12 bits per heavy atom. The van der Waals surface area contributed by atoms with Crippen LogP contribution in [0.1, 0.15) is 26.2 Å². The van der Waals surface area contributed by atoms with Crippen LogP contribution < -0.4 is 0 Å². The molecule has 2 fully saturated rings. The van der Waals surface area contributed by atoms with Gasteiger partial charge < -0.3 is 10.2 Å². The predicted octanol–water partition coefficient (Wildman–Crippen LogP) is 0.646. The second-order valence-electron chi connectivity index (χ2n) is 4.99. The van der Waals surface area contributed by atoms with Crippen LogP contribution in [0.4, 0.5) is 0 Å². The molecule has 5 heteroatoms. The molecule has 2 rings (SSSR count). The van der Waals surface area contributed by atoms with Crippen molar-refractivity contribution in [2.75, 3.05) is 13.1 Å². The predicted molar refractivity (Wildman–Crippen MR) is 56.1 cm³/mol. The molecule has 5 nitrogen and oxygen atoms in total. The van der Waals surface area contributed by atoms with E-state index in [4.69, 9.17) is 5.11 Å². The lowest BCUT2D eigenvalue weighted by molar-refractivity contribution is -0.150. The fourth-order valence-electron chi connectivity index (χ4n) is 3.13. The first-order valence-electron chi connectivity index (χ1n) is 5.67. The third-order valence-corrected chi connectivity index (χ3v) is 4.23. The summed E-state index contributed by atoms with van der Waals surface area (Å²) in [5.74, 6) is -1.50. The van der Waals surface area contributed by atoms with E-state index in [1.165, 1.54) is 0 Å². The first-order valence-corrected chi connectivity index (χ1v) is 5.67. The van der Waals surface area contributed by atoms with Gasteiger partial charge in [0.1, 0.15) is 6.04 Å². The molecule has 16 heavy (non-hydrogen) atoms. The van der Waals surface area contributed by atoms with Gasteiger partial charge in [0.05, 0.1) is 5.41 Å². The molecule has 0 radical (unpaired) electrons. The monoisotopic (exact) mass is 227 g/mol. The van der Waals surface area contributed by atoms with E-state index in [-0.39, 0.29) is 5.92 Å². The third-order valence-electron chi connectivity index (χ3n) is 4.23. The van der Waals surface area contributed by atoms with E-state index in [9.17, 15) is 14.7 Å². The first kappa shape index (κ1) is 11.4. The van der Waals surface area contributed by atoms with Crippen LogP contribution in [-0.2, 0) is 9.59 Å². The van der Waals surface area contributed by atoms with Crippen molar-refractivity contribution < 1.29 is 19.8 Å². The summed E-state index contributed by atoms with van der Waals surface area (Å²) < 4.78 is 0. The maximum Gasteiger partial charge on any atom is 0.320 e. The molecule has 1 unspecified atom stereocenters. The Bertz CT molecular complexity index is 330. The summed E-state index contributed by atoms with van der Waals surface area (Å²) in [5.41, 5.74) is -0.677. The van der Waals surface area contributed by atoms with Gasteiger partial charge in [-0.05, 0) is 25.7 Å². The molecular weight excluding hydrogens is 210 g/mol. The summed E-state index contributed by atoms with van der Waals surface area (Å²) in [6, 6.07) is -0.582. The number of carbonyl (C=O) groups is 2. The van der Waals surface area contributed by atoms with E-state index in [1.807, 2.05) is 0 Å². The van der Waals surface area contributed by atoms with Gasteiger partial charge in [0, 0.05) is 13.1 Å². The molecule has 90 valence electrons. The van der Waals surface area contributed by atoms with Crippen LogP contribution in [0.25, 0.3) is 0 Å². The normalized spacial score (nSPS) is 35.9. The molecule has 0 aromatic rings. The van der Waals surface area contributed by atoms with E-state index in [2.05, 4.69) is 0 Å². The fraction of sp³-hybridized carbons (Fsp3) is 0.818. The van der Waals surface area contributed by atoms with Crippen molar-refractivity contribution in [1.29, 1.82) is 0 Å². The maximum atomic E-state index is 11.4. The quantitative estimate of drug-likeness (QED) is 0.740. The minimum absolute atomic E-state index is 0.131. The summed E-state index contributed by atoms with van der Waals surface area (Å²) >= 11 is 0. The number of likely N-dealkylation sites (tertiary alicyclic amines) is 1. The second-order valence-corrected chi connectivity index (χ2v) is 4.99. The van der Waals surface area contributed by atoms with E-state index < -0.39 is 23.4 Å². The number of carboxylic acids is 2. The van der Waals surface area contributed by atoms with Crippen molar-refractivity contribution in [2.45, 2.75) is 32.2 Å². The molecule has 1 aliphatic heterocycles. The highest BCUT2D eigenvalue weighted by atomic mass is 16.4. The molecule has 1 saturated heterocycles. The van der Waals surface area contributed by atoms with Crippen LogP contribution in [0.2, 0.25) is 0 Å². The average Bonchev–Trinajstić information content (AvgIpc) is 2.72. The highest BCUT2D eigenvalue weighted by Crippen LogP contribution is 2.49. The standard InChI is InChI=1S/C11H17NO4/c1-7(9(13)14)12-5-8-3-2-4-11(8,6-12)10(15)16/h7-8H,2-6H2,1H3,(H,13,14)(H,15,16)/t7?,8-,11+/m0/s1. The zero-order valence-electron chi connectivity index (χ0n) is 9.35. The molecule has 2 aliphatic rings. The topological polar surface area (TPSA) is 77.8 Å². The number of nitrogens with zero attached hydrogens (tertiary/aromatic N) is 1. The van der Waals surface area contributed by atoms with E-state index in [0.29, 0.717) is 19.5 Å². The van der Waals surface area contributed by atoms with Crippen LogP contribution in [0.3, 0.4) is 0 Å². The zero-order valence-corrected chi connectivity index (χ0v) is 9.35. The Labute approximate surface area is 94.0 Å². The number of hydrogen-bond acceptors (Lipinski definition) is 3. The zero-order chi connectivity index (χ0) is 11.9. The Morgan fingerprint density at radius 1 is 1.44 bits per heavy atom. The minimum atomic E-state index is -0.875. The SMILES string of the molecule is CC(C(=O)O)N1C[C@@H]2CCC[C@@]2(C(=O)O)C1. The van der Waals surface area contributed by atoms with Gasteiger partial charge in [-0.2, -0.15) is 0 Å². The van der Waals surface area contributed by atoms with E-state index in [0.717, 1.165) is 12.8 Å². The summed E-state index contributed by atoms with van der Waals surface area (Å²) in [6.07, 6.45) is 2.55. The first-order chi connectivity index (χ1) is 7.47. The number of fused-ring (bicyclic) bond motifs is 1. The highest BCUT2D eigenvalue weighted by Gasteiger charge is 2.55. The van der Waals surface area contributed by atoms with Crippen molar-refractivity contribution in [3.63, 3.8) is 0 Å². The molecule has 0 aromatic carbocycles. The van der Waals surface area contributed by atoms with Crippen LogP contribution in [0.5, 0.6) is 0 Å². The molecule has 1 saturated carbocycles. The van der Waals surface area contributed by atoms with E-state index in [1.54, 1.807) is 11.8 Å². The maximum absolute atomic E-state index is 11.4. The Balaban J connectivity index is 2.16. The minimum Gasteiger partial charge on any atom is -0.481 e. The Morgan fingerprint density at radius 3 is 2.62 bits per heavy atom. The summed E-state index contributed by atoms with van der Waals surface area (Å²) in [4.78, 5) is 24.1. The number of rotatable bonds is 3. The number of carboxylic acid groups (broad SMARTS) is 2. The van der Waals surface area contributed by atoms with Crippen molar-refractivity contribution in [2.24, 2.45) is 11.3 Å². The van der Waals surface area contributed by atoms with Crippen molar-refractivity contribution in [1.82, 2.24) is 4.90 Å². The molecule has 3 atom stereocenters. The summed E-state index contributed by atoms with van der Waals surface area (Å²) in [6.45, 7) is 2.62. The van der Waals surface area contributed by atoms with E-state index >= 15 is 0 Å². The highest BCUT2D eigenvalue weighted by molar-refractivity contribution is 5.77. The summed E-state index contributed by atoms with van der Waals surface area (Å²) in [7, 11) is 0. The van der Waals surface area contributed by atoms with Gasteiger partial charge in [-0.1, -0.05) is 6.42 Å². The van der Waals surface area contributed by atoms with Crippen LogP contribution in [0, 0.1) is 11.3 Å². The number of hydrogen-bond donors (Lipinski definition) is 2. The van der Waals surface area contributed by atoms with Gasteiger partial charge >= 0.3 is 11.9 Å². The van der Waals surface area contributed by atoms with Gasteiger partial charge in [0.25, 0.3) is 0 Å². The molecule has 2 N–H and O–H groups in total. The largest absolute Gasteiger partial charge is 0.481 e. The molecular formula is C11H17NO4. The molecule has 0 bridgehead atoms. The van der Waals surface area contributed by atoms with Crippen LogP contribution >= 0.6 is 0 Å². The van der Waals surface area contributed by atoms with Crippen molar-refractivity contribution >= 4 is 11.9 Å². The lowest BCUT2D eigenvalue weighted by Crippen LogP contribution is -2.41. The Kier molecular flexibility index (Phi) is 2.66. The van der Waals surface area contributed by atoms with Gasteiger partial charge in [0.15, 0.2) is 0 Å². The molecule has 1 heterocycles. The summed E-state index contributed by atoms with van der Waals surface area (Å²) in [5, 5.41) is 18.3. The lowest BCUT2D eigenvalue weighted by Gasteiger charge is -2.25. The average molecular weight is 227 g/mol. The second kappa shape index (κ2) is 3.73. The third kappa shape index (κ3) is 1.50. The van der Waals surface area contributed by atoms with Gasteiger partial charge in [-0.3, -0.25) is 14.5 Å². The Hall–Kier alpha value is -1.10. The van der Waals surface area contributed by atoms with Gasteiger partial charge in [-0.25, -0.2) is 0 Å². The van der Waals surface area contributed by atoms with Gasteiger partial charge in [-0.15, -0.1) is 0 Å². The molecule has 0 amide bonds. The molecule has 0 spiro atoms. The smallest absolute Gasteiger partial charge is 0.320 e. The van der Waals surface area contributed by atoms with Crippen molar-refractivity contribution in [3.8, 4) is 0 Å². The van der Waals surface area contributed by atoms with Gasteiger partial charge in [0.2, 0.25) is 0 Å².